The second-order valence-electron chi connectivity index (χ2n) is 47.7. The molecule has 31 atom stereocenters. The van der Waals surface area contributed by atoms with Crippen LogP contribution >= 0.6 is 28.4 Å². The minimum Gasteiger partial charge on any atom is -1.00 e. The summed E-state index contributed by atoms with van der Waals surface area (Å²) in [6.45, 7) is 34.0. The largest absolute Gasteiger partial charge is 1.00 e. The fourth-order valence-electron chi connectivity index (χ4n) is 31.9. The number of carbonyl (C=O) groups excluding carboxylic acids is 1. The van der Waals surface area contributed by atoms with Crippen molar-refractivity contribution in [2.75, 3.05) is 91.1 Å². The van der Waals surface area contributed by atoms with Gasteiger partial charge in [0, 0.05) is 52.6 Å². The van der Waals surface area contributed by atoms with Crippen molar-refractivity contribution in [3.63, 3.8) is 0 Å². The molecular formula is C108H188INaO16S3. The van der Waals surface area contributed by atoms with Crippen molar-refractivity contribution in [1.82, 2.24) is 0 Å². The monoisotopic (exact) mass is 1990 g/mol. The molecule has 6 N–H and O–H groups in total. The summed E-state index contributed by atoms with van der Waals surface area (Å²) in [7, 11) is -6.07. The number of hydrogen-bond donors (Lipinski definition) is 6. The van der Waals surface area contributed by atoms with Crippen molar-refractivity contribution in [3.8, 4) is 0 Å². The number of hydrogen-bond acceptors (Lipinski definition) is 16. The predicted molar refractivity (Wildman–Crippen MR) is 536 cm³/mol. The maximum atomic E-state index is 14.2. The van der Waals surface area contributed by atoms with Crippen molar-refractivity contribution < 1.29 is 107 Å². The third kappa shape index (κ3) is 24.9. The number of fused-ring (bicyclic) bond motifs is 15. The number of Topliss-reactive ketones (excluding diaryl/α,β-unsaturated/α-hetero) is 1. The van der Waals surface area contributed by atoms with E-state index in [9.17, 15) is 47.2 Å². The molecule has 129 heavy (non-hydrogen) atoms. The standard InChI is InChI=1S/C34H52O5S.C29H44O3S.C28H48O3.C5H8O2.C4H6O2.C3H9IS.CH4O.4CH4.Na.H/c1-23(30(21-34(36)18-19-39-22-34)40(37,38)25-8-6-5-7-9-25)27-12-13-28-26-11-10-24-20-31(2,35)16-17-32(24,3)29(26)14-15-33(27,28)4;1-20(19-33(31,32)22-8-6-5-7-9-22)24-12-13-25-23-11-10-21-18-27(2,30)16-17-28(21,3)26(23)14-15-29(24,25)4;1-19(9-12-28(30)15-16-31-18-28)22-7-8-23-21-6-5-20-17-25(2,29)13-14-26(20,3)24(21)10-11-27(22,23)4;1-2-6-3-5(1)4-7-5;5-4-1-2-6-3-4;1-5(2,3)4;1-2;;;;;;/h5-9,23-24,26-30,35-36H,10-22H2,1-4H3;5-9,20-21,23-26,30H,10-19H2,1-4H3;19-24,29-30H,5-18H2,1-4H3;1-4H2;1-3H2;1-3H3;2H,1H3;4*1H4;;/q;;;;;;;;;;;+1;-1/t23-,24-,26-,27+,28-,29-,30?,31-,32-,33+,34?;20-,21+,23+,24-,25+,26+,27+,28+,29-;19-,20+,21+,22-,23+,24+,25+,26+,27-,28?;;;;;;;;;;/m011........../s1. The second-order valence-corrected chi connectivity index (χ2v) is 63.2. The van der Waals surface area contributed by atoms with Gasteiger partial charge in [-0.2, -0.15) is 7.20 Å². The zero-order valence-electron chi connectivity index (χ0n) is 81.7. The van der Waals surface area contributed by atoms with Gasteiger partial charge in [0.1, 0.15) is 12.2 Å². The Morgan fingerprint density at radius 1 is 0.426 bits per heavy atom. The molecule has 16 nitrogen and oxygen atoms in total. The molecule has 5 saturated heterocycles. The average Bonchev–Trinajstić information content (AvgIpc) is 1.07. The maximum absolute atomic E-state index is 14.2. The number of benzene rings is 2. The van der Waals surface area contributed by atoms with Gasteiger partial charge in [-0.25, -0.2) is 16.8 Å². The summed E-state index contributed by atoms with van der Waals surface area (Å²) >= 11 is 2.46. The first kappa shape index (κ1) is 114. The number of aliphatic hydroxyl groups is 6. The van der Waals surface area contributed by atoms with Crippen molar-refractivity contribution in [1.29, 1.82) is 0 Å². The zero-order valence-corrected chi connectivity index (χ0v) is 87.3. The van der Waals surface area contributed by atoms with Crippen molar-refractivity contribution in [2.45, 2.75) is 380 Å². The molecule has 0 aromatic heterocycles. The van der Waals surface area contributed by atoms with E-state index in [0.29, 0.717) is 112 Å². The molecule has 21 heteroatoms. The fraction of sp³-hybridized carbons (Fsp3) is 0.880. The van der Waals surface area contributed by atoms with Crippen LogP contribution in [0, 0.1) is 139 Å². The minimum atomic E-state index is -3.63. The van der Waals surface area contributed by atoms with Gasteiger partial charge in [0.2, 0.25) is 0 Å². The van der Waals surface area contributed by atoms with Crippen molar-refractivity contribution in [2.24, 2.45) is 139 Å². The molecule has 12 aliphatic carbocycles. The number of rotatable bonds is 14. The first-order valence-corrected chi connectivity index (χ1v) is 58.2. The molecule has 5 heterocycles. The van der Waals surface area contributed by atoms with Crippen LogP contribution in [0.15, 0.2) is 70.5 Å². The van der Waals surface area contributed by atoms with E-state index >= 15 is 0 Å². The van der Waals surface area contributed by atoms with E-state index < -0.39 is 52.9 Å². The Bertz CT molecular complexity index is 4060. The number of epoxide rings is 1. The zero-order chi connectivity index (χ0) is 89.9. The Hall–Kier alpha value is -0.350. The summed E-state index contributed by atoms with van der Waals surface area (Å²) in [5.41, 5.74) is -0.761. The van der Waals surface area contributed by atoms with Crippen LogP contribution in [0.25, 0.3) is 0 Å². The van der Waals surface area contributed by atoms with Crippen LogP contribution < -0.4 is 29.6 Å². The molecule has 742 valence electrons. The van der Waals surface area contributed by atoms with Gasteiger partial charge < -0.3 is 55.8 Å². The average molecular weight is 1990 g/mol. The summed E-state index contributed by atoms with van der Waals surface area (Å²) in [5.74, 6) is 12.1. The molecule has 17 aliphatic rings. The van der Waals surface area contributed by atoms with Crippen LogP contribution in [0.4, 0.5) is 0 Å². The number of carbonyl (C=O) groups is 1. The van der Waals surface area contributed by atoms with E-state index in [1.807, 2.05) is 38.1 Å². The number of sulfone groups is 2. The van der Waals surface area contributed by atoms with Gasteiger partial charge in [0.05, 0.1) is 81.8 Å². The molecule has 17 fully saturated rings. The smallest absolute Gasteiger partial charge is 1.00 e. The molecule has 0 radical (unpaired) electrons. The summed E-state index contributed by atoms with van der Waals surface area (Å²) in [6.07, 6.45) is 44.6. The van der Waals surface area contributed by atoms with E-state index in [4.69, 9.17) is 28.8 Å². The van der Waals surface area contributed by atoms with Gasteiger partial charge in [-0.1, -0.05) is 128 Å². The Balaban J connectivity index is 0.000000236. The molecular weight excluding hydrogens is 1800 g/mol. The number of ether oxygens (including phenoxy) is 5. The van der Waals surface area contributed by atoms with Crippen LogP contribution in [-0.4, -0.2) is 183 Å². The van der Waals surface area contributed by atoms with Crippen LogP contribution in [0.5, 0.6) is 0 Å². The summed E-state index contributed by atoms with van der Waals surface area (Å²) < 4.78 is 80.7. The maximum Gasteiger partial charge on any atom is 1.00 e. The Labute approximate surface area is 824 Å². The summed E-state index contributed by atoms with van der Waals surface area (Å²) in [5, 5.41) is 60.8. The van der Waals surface area contributed by atoms with Crippen LogP contribution in [0.1, 0.15) is 333 Å². The third-order valence-corrected chi connectivity index (χ3v) is 43.2. The second kappa shape index (κ2) is 44.4. The minimum absolute atomic E-state index is 0. The number of aliphatic hydroxyl groups excluding tert-OH is 1. The third-order valence-electron chi connectivity index (χ3n) is 38.9. The number of ketones is 1. The molecule has 2 aromatic carbocycles. The summed E-state index contributed by atoms with van der Waals surface area (Å²) in [4.78, 5) is 11.0. The molecule has 12 saturated carbocycles. The predicted octanol–water partition coefficient (Wildman–Crippen LogP) is 20.3. The molecule has 4 unspecified atom stereocenters. The van der Waals surface area contributed by atoms with E-state index in [2.05, 4.69) is 109 Å². The van der Waals surface area contributed by atoms with E-state index in [1.54, 1.807) is 36.4 Å². The quantitative estimate of drug-likeness (QED) is 0.0584. The molecule has 0 amide bonds. The Morgan fingerprint density at radius 3 is 1.14 bits per heavy atom. The normalized spacial score (nSPS) is 43.9. The SMILES string of the molecule is C.C.C.C.C1CC2(CO1)CO2.CO.CS(C)(C)I.C[C@H](C(CC1(O)CCOC1)S(=O)(=O)c1ccccc1)[C@H]1CC[C@H]2[C@@H]3CC[C@H]4C[C@@](C)(O)CC[C@]4(C)[C@H]3CC[C@]12C.C[C@H](CCC1(O)CCOC1)[C@H]1CC[C@H]2[C@@H]3CC[C@H]4C[C@@](C)(O)CC[C@]4(C)[C@H]3CC[C@]12C.C[C@H](CS(=O)(=O)c1ccccc1)[C@H]1CC[C@H]2[C@@H]3CC[C@H]4C[C@@](C)(O)CC[C@]4(C)[C@H]3CC[C@]12C.O=C1CCOC1.[H-].[Na+]. The van der Waals surface area contributed by atoms with Gasteiger partial charge in [-0.3, -0.25) is 4.79 Å². The Kier molecular flexibility index (Phi) is 39.2. The van der Waals surface area contributed by atoms with Gasteiger partial charge in [0.25, 0.3) is 0 Å². The van der Waals surface area contributed by atoms with Crippen LogP contribution in [0.2, 0.25) is 0 Å². The van der Waals surface area contributed by atoms with Gasteiger partial charge >= 0.3 is 29.6 Å². The number of halogens is 1. The first-order valence-electron chi connectivity index (χ1n) is 49.6. The first-order chi connectivity index (χ1) is 58.1. The van der Waals surface area contributed by atoms with Crippen LogP contribution in [-0.2, 0) is 48.2 Å². The van der Waals surface area contributed by atoms with E-state index in [1.165, 1.54) is 116 Å². The topological polar surface area (TPSA) is 256 Å². The van der Waals surface area contributed by atoms with E-state index in [-0.39, 0.29) is 121 Å². The van der Waals surface area contributed by atoms with Crippen LogP contribution in [0.3, 0.4) is 0 Å². The van der Waals surface area contributed by atoms with Crippen molar-refractivity contribution in [3.05, 3.63) is 60.7 Å². The van der Waals surface area contributed by atoms with Gasteiger partial charge in [0.15, 0.2) is 25.5 Å². The molecule has 2 aromatic rings. The fourth-order valence-corrected chi connectivity index (χ4v) is 35.8. The molecule has 19 rings (SSSR count). The molecule has 0 bridgehead atoms. The Morgan fingerprint density at radius 2 is 0.791 bits per heavy atom. The summed E-state index contributed by atoms with van der Waals surface area (Å²) in [6, 6.07) is 17.9. The molecule has 1 spiro atoms. The van der Waals surface area contributed by atoms with Gasteiger partial charge in [-0.05, 0) is 417 Å². The van der Waals surface area contributed by atoms with E-state index in [0.717, 1.165) is 170 Å². The van der Waals surface area contributed by atoms with Crippen molar-refractivity contribution >= 4 is 53.9 Å². The molecule has 5 aliphatic heterocycles. The van der Waals surface area contributed by atoms with Gasteiger partial charge in [-0.15, -0.1) is 0 Å².